The minimum atomic E-state index is 0.336. The van der Waals surface area contributed by atoms with Crippen molar-refractivity contribution < 1.29 is 4.74 Å². The molecular weight excluding hydrogens is 292 g/mol. The first-order valence-electron chi connectivity index (χ1n) is 8.60. The first-order chi connectivity index (χ1) is 11.1. The summed E-state index contributed by atoms with van der Waals surface area (Å²) in [5, 5.41) is 3.39. The van der Waals surface area contributed by atoms with Gasteiger partial charge in [0.1, 0.15) is 5.82 Å². The quantitative estimate of drug-likeness (QED) is 0.586. The van der Waals surface area contributed by atoms with E-state index in [9.17, 15) is 0 Å². The van der Waals surface area contributed by atoms with Gasteiger partial charge in [0.05, 0.1) is 12.3 Å². The molecule has 0 amide bonds. The molecule has 0 bridgehead atoms. The van der Waals surface area contributed by atoms with Crippen LogP contribution < -0.4 is 21.9 Å². The third kappa shape index (κ3) is 4.10. The molecule has 0 saturated carbocycles. The molecule has 3 unspecified atom stereocenters. The van der Waals surface area contributed by atoms with E-state index in [0.717, 1.165) is 44.1 Å². The van der Waals surface area contributed by atoms with Gasteiger partial charge in [-0.2, -0.15) is 4.98 Å². The molecule has 2 fully saturated rings. The van der Waals surface area contributed by atoms with Crippen LogP contribution in [0.5, 0.6) is 0 Å². The predicted octanol–water partition coefficient (Wildman–Crippen LogP) is 1.26. The fraction of sp³-hybridized carbons (Fsp3) is 0.750. The van der Waals surface area contributed by atoms with Crippen LogP contribution in [0.1, 0.15) is 44.7 Å². The third-order valence-electron chi connectivity index (χ3n) is 4.95. The molecule has 3 atom stereocenters. The summed E-state index contributed by atoms with van der Waals surface area (Å²) in [7, 11) is 0. The summed E-state index contributed by atoms with van der Waals surface area (Å²) in [6.45, 7) is 6.89. The Hall–Kier alpha value is -1.44. The van der Waals surface area contributed by atoms with Crippen LogP contribution in [-0.2, 0) is 4.74 Å². The molecular formula is C16H28N6O. The zero-order chi connectivity index (χ0) is 16.2. The highest BCUT2D eigenvalue weighted by Crippen LogP contribution is 2.25. The molecule has 2 aliphatic rings. The Morgan fingerprint density at radius 3 is 2.78 bits per heavy atom. The van der Waals surface area contributed by atoms with Gasteiger partial charge in [0.25, 0.3) is 0 Å². The van der Waals surface area contributed by atoms with Crippen molar-refractivity contribution in [2.75, 3.05) is 30.8 Å². The largest absolute Gasteiger partial charge is 0.381 e. The number of aromatic nitrogens is 2. The van der Waals surface area contributed by atoms with Crippen LogP contribution in [0.15, 0.2) is 6.07 Å². The zero-order valence-electron chi connectivity index (χ0n) is 14.0. The van der Waals surface area contributed by atoms with Gasteiger partial charge >= 0.3 is 0 Å². The first-order valence-corrected chi connectivity index (χ1v) is 8.60. The number of nitrogens with one attached hydrogen (secondary N) is 3. The summed E-state index contributed by atoms with van der Waals surface area (Å²) in [5.74, 6) is 2.17. The van der Waals surface area contributed by atoms with E-state index < -0.39 is 0 Å². The number of rotatable bonds is 6. The molecule has 2 aliphatic heterocycles. The molecule has 3 heterocycles. The van der Waals surface area contributed by atoms with E-state index in [1.165, 1.54) is 6.42 Å². The Balaban J connectivity index is 1.50. The highest BCUT2D eigenvalue weighted by Gasteiger charge is 2.28. The Bertz CT molecular complexity index is 509. The van der Waals surface area contributed by atoms with Gasteiger partial charge in [0, 0.05) is 37.2 Å². The van der Waals surface area contributed by atoms with Gasteiger partial charge in [-0.3, -0.25) is 10.9 Å². The molecule has 128 valence electrons. The second-order valence-corrected chi connectivity index (χ2v) is 6.70. The highest BCUT2D eigenvalue weighted by atomic mass is 16.5. The lowest BCUT2D eigenvalue weighted by Crippen LogP contribution is -2.30. The van der Waals surface area contributed by atoms with Gasteiger partial charge in [-0.25, -0.2) is 4.98 Å². The van der Waals surface area contributed by atoms with Crippen LogP contribution in [0, 0.1) is 5.92 Å². The summed E-state index contributed by atoms with van der Waals surface area (Å²) in [4.78, 5) is 8.65. The predicted molar refractivity (Wildman–Crippen MR) is 91.0 cm³/mol. The second-order valence-electron chi connectivity index (χ2n) is 6.70. The van der Waals surface area contributed by atoms with Crippen LogP contribution in [0.2, 0.25) is 0 Å². The minimum Gasteiger partial charge on any atom is -0.381 e. The Morgan fingerprint density at radius 1 is 1.30 bits per heavy atom. The molecule has 5 N–H and O–H groups in total. The van der Waals surface area contributed by atoms with Crippen LogP contribution in [0.25, 0.3) is 0 Å². The Kier molecular flexibility index (Phi) is 5.30. The van der Waals surface area contributed by atoms with Crippen molar-refractivity contribution in [3.63, 3.8) is 0 Å². The average molecular weight is 320 g/mol. The lowest BCUT2D eigenvalue weighted by atomic mass is 9.92. The number of hydrogen-bond donors (Lipinski definition) is 4. The maximum Gasteiger partial charge on any atom is 0.222 e. The third-order valence-corrected chi connectivity index (χ3v) is 4.95. The van der Waals surface area contributed by atoms with Crippen molar-refractivity contribution in [3.05, 3.63) is 11.8 Å². The summed E-state index contributed by atoms with van der Waals surface area (Å²) in [5.41, 5.74) is 13.4. The van der Waals surface area contributed by atoms with Gasteiger partial charge in [0.2, 0.25) is 5.95 Å². The molecule has 0 radical (unpaired) electrons. The number of nitrogens with zero attached hydrogens (tertiary/aromatic N) is 2. The van der Waals surface area contributed by atoms with Crippen LogP contribution in [-0.4, -0.2) is 41.8 Å². The standard InChI is InChI=1S/C16H28N6O/c1-10-13(11(2)22-21-10)4-3-6-18-15-8-14(19-16(17)20-15)12-5-7-23-9-12/h8,10-13,21-22H,3-7,9H2,1-2H3,(H3,17,18,19,20). The summed E-state index contributed by atoms with van der Waals surface area (Å²) < 4.78 is 5.43. The van der Waals surface area contributed by atoms with Crippen molar-refractivity contribution >= 4 is 11.8 Å². The van der Waals surface area contributed by atoms with E-state index in [-0.39, 0.29) is 0 Å². The molecule has 7 nitrogen and oxygen atoms in total. The molecule has 0 aromatic carbocycles. The Morgan fingerprint density at radius 2 is 2.09 bits per heavy atom. The molecule has 3 rings (SSSR count). The zero-order valence-corrected chi connectivity index (χ0v) is 14.0. The monoisotopic (exact) mass is 320 g/mol. The fourth-order valence-corrected chi connectivity index (χ4v) is 3.52. The number of anilines is 2. The smallest absolute Gasteiger partial charge is 0.222 e. The first kappa shape index (κ1) is 16.4. The van der Waals surface area contributed by atoms with Crippen molar-refractivity contribution in [1.29, 1.82) is 0 Å². The van der Waals surface area contributed by atoms with Gasteiger partial charge < -0.3 is 15.8 Å². The molecule has 0 aliphatic carbocycles. The fourth-order valence-electron chi connectivity index (χ4n) is 3.52. The highest BCUT2D eigenvalue weighted by molar-refractivity contribution is 5.41. The van der Waals surface area contributed by atoms with E-state index >= 15 is 0 Å². The lowest BCUT2D eigenvalue weighted by molar-refractivity contribution is 0.193. The number of hydrazine groups is 1. The van der Waals surface area contributed by atoms with Crippen LogP contribution in [0.3, 0.4) is 0 Å². The Labute approximate surface area is 137 Å². The summed E-state index contributed by atoms with van der Waals surface area (Å²) in [6, 6.07) is 3.06. The minimum absolute atomic E-state index is 0.336. The van der Waals surface area contributed by atoms with E-state index in [2.05, 4.69) is 40.0 Å². The van der Waals surface area contributed by atoms with E-state index in [0.29, 0.717) is 29.9 Å². The van der Waals surface area contributed by atoms with Crippen LogP contribution >= 0.6 is 0 Å². The topological polar surface area (TPSA) is 97.1 Å². The molecule has 7 heteroatoms. The molecule has 1 aromatic rings. The van der Waals surface area contributed by atoms with E-state index in [1.807, 2.05) is 6.07 Å². The normalized spacial score (nSPS) is 30.7. The van der Waals surface area contributed by atoms with Crippen LogP contribution in [0.4, 0.5) is 11.8 Å². The number of nitrogen functional groups attached to an aromatic ring is 1. The lowest BCUT2D eigenvalue weighted by Gasteiger charge is -2.18. The molecule has 1 aromatic heterocycles. The summed E-state index contributed by atoms with van der Waals surface area (Å²) >= 11 is 0. The molecule has 2 saturated heterocycles. The van der Waals surface area contributed by atoms with E-state index in [1.54, 1.807) is 0 Å². The second kappa shape index (κ2) is 7.42. The molecule has 23 heavy (non-hydrogen) atoms. The number of ether oxygens (including phenoxy) is 1. The van der Waals surface area contributed by atoms with Crippen molar-refractivity contribution in [1.82, 2.24) is 20.8 Å². The van der Waals surface area contributed by atoms with Gasteiger partial charge in [-0.05, 0) is 39.0 Å². The number of nitrogens with two attached hydrogens (primary N) is 1. The van der Waals surface area contributed by atoms with E-state index in [4.69, 9.17) is 10.5 Å². The van der Waals surface area contributed by atoms with Gasteiger partial charge in [-0.15, -0.1) is 0 Å². The average Bonchev–Trinajstić information content (AvgIpc) is 3.15. The number of hydrogen-bond acceptors (Lipinski definition) is 7. The van der Waals surface area contributed by atoms with Gasteiger partial charge in [0.15, 0.2) is 0 Å². The SMILES string of the molecule is CC1NNC(C)C1CCCNc1cc(C2CCOC2)nc(N)n1. The van der Waals surface area contributed by atoms with Crippen molar-refractivity contribution in [3.8, 4) is 0 Å². The van der Waals surface area contributed by atoms with Crippen molar-refractivity contribution in [2.45, 2.75) is 51.1 Å². The summed E-state index contributed by atoms with van der Waals surface area (Å²) in [6.07, 6.45) is 3.29. The van der Waals surface area contributed by atoms with Gasteiger partial charge in [-0.1, -0.05) is 0 Å². The maximum atomic E-state index is 5.85. The maximum absolute atomic E-state index is 5.85. The molecule has 0 spiro atoms. The van der Waals surface area contributed by atoms with Crippen molar-refractivity contribution in [2.24, 2.45) is 5.92 Å².